The Balaban J connectivity index is 1.50. The lowest BCUT2D eigenvalue weighted by Crippen LogP contribution is -2.56. The molecule has 1 aliphatic carbocycles. The fraction of sp³-hybridized carbons (Fsp3) is 0.500. The number of benzene rings is 2. The Morgan fingerprint density at radius 3 is 2.57 bits per heavy atom. The second-order valence-electron chi connectivity index (χ2n) is 8.16. The molecule has 4 nitrogen and oxygen atoms in total. The van der Waals surface area contributed by atoms with E-state index < -0.39 is 0 Å². The van der Waals surface area contributed by atoms with Gasteiger partial charge in [-0.1, -0.05) is 30.3 Å². The van der Waals surface area contributed by atoms with Gasteiger partial charge in [0, 0.05) is 36.9 Å². The number of nitrogens with zero attached hydrogens (tertiary/aromatic N) is 1. The van der Waals surface area contributed by atoms with Gasteiger partial charge in [0.15, 0.2) is 11.5 Å². The molecule has 1 N–H and O–H groups in total. The van der Waals surface area contributed by atoms with Crippen LogP contribution < -0.4 is 19.7 Å². The summed E-state index contributed by atoms with van der Waals surface area (Å²) in [7, 11) is 1.72. The smallest absolute Gasteiger partial charge is 0.163 e. The molecule has 0 bridgehead atoms. The second kappa shape index (κ2) is 8.87. The highest BCUT2D eigenvalue weighted by Crippen LogP contribution is 2.36. The zero-order chi connectivity index (χ0) is 19.3. The Labute approximate surface area is 168 Å². The van der Waals surface area contributed by atoms with Crippen LogP contribution in [0.15, 0.2) is 48.5 Å². The van der Waals surface area contributed by atoms with Crippen LogP contribution in [0.5, 0.6) is 11.5 Å². The minimum absolute atomic E-state index is 0.329. The van der Waals surface area contributed by atoms with Gasteiger partial charge in [0.2, 0.25) is 0 Å². The number of nitrogens with one attached hydrogen (secondary N) is 1. The van der Waals surface area contributed by atoms with Gasteiger partial charge in [0.1, 0.15) is 0 Å². The summed E-state index contributed by atoms with van der Waals surface area (Å²) in [5.74, 6) is 1.72. The monoisotopic (exact) mass is 380 g/mol. The maximum absolute atomic E-state index is 6.32. The molecule has 1 aliphatic heterocycles. The van der Waals surface area contributed by atoms with Crippen LogP contribution in [0.2, 0.25) is 0 Å². The highest BCUT2D eigenvalue weighted by molar-refractivity contribution is 5.57. The lowest BCUT2D eigenvalue weighted by atomic mass is 10.0. The van der Waals surface area contributed by atoms with Gasteiger partial charge >= 0.3 is 0 Å². The molecule has 0 amide bonds. The van der Waals surface area contributed by atoms with E-state index in [1.165, 1.54) is 24.1 Å². The quantitative estimate of drug-likeness (QED) is 0.804. The maximum atomic E-state index is 6.32. The van der Waals surface area contributed by atoms with E-state index in [9.17, 15) is 0 Å². The largest absolute Gasteiger partial charge is 0.493 e. The van der Waals surface area contributed by atoms with Crippen LogP contribution in [0.3, 0.4) is 0 Å². The highest BCUT2D eigenvalue weighted by Gasteiger charge is 2.26. The molecule has 1 heterocycles. The molecule has 2 aromatic carbocycles. The number of hydrogen-bond donors (Lipinski definition) is 1. The highest BCUT2D eigenvalue weighted by atomic mass is 16.5. The van der Waals surface area contributed by atoms with Crippen LogP contribution in [0.25, 0.3) is 0 Å². The van der Waals surface area contributed by atoms with Crippen molar-refractivity contribution in [3.05, 3.63) is 54.1 Å². The van der Waals surface area contributed by atoms with Crippen LogP contribution in [-0.4, -0.2) is 38.4 Å². The molecule has 2 fully saturated rings. The van der Waals surface area contributed by atoms with E-state index in [0.717, 1.165) is 43.9 Å². The molecule has 4 rings (SSSR count). The Morgan fingerprint density at radius 2 is 1.82 bits per heavy atom. The zero-order valence-electron chi connectivity index (χ0n) is 17.1. The van der Waals surface area contributed by atoms with Gasteiger partial charge < -0.3 is 19.7 Å². The summed E-state index contributed by atoms with van der Waals surface area (Å²) in [5, 5.41) is 3.72. The van der Waals surface area contributed by atoms with Crippen LogP contribution in [0.1, 0.15) is 38.2 Å². The van der Waals surface area contributed by atoms with Crippen molar-refractivity contribution >= 4 is 5.69 Å². The van der Waals surface area contributed by atoms with Crippen molar-refractivity contribution in [1.82, 2.24) is 5.32 Å². The topological polar surface area (TPSA) is 33.7 Å². The van der Waals surface area contributed by atoms with Gasteiger partial charge in [0.05, 0.1) is 13.2 Å². The van der Waals surface area contributed by atoms with Crippen molar-refractivity contribution in [3.8, 4) is 11.5 Å². The number of piperazine rings is 1. The standard InChI is InChI=1S/C24H32N2O2/c1-18-16-25-20(14-19-8-4-3-5-9-19)17-26(18)21-12-13-23(27-2)24(15-21)28-22-10-6-7-11-22/h3-5,8-9,12-13,15,18,20,22,25H,6-7,10-11,14,16-17H2,1-2H3. The molecule has 2 aliphatic rings. The lowest BCUT2D eigenvalue weighted by molar-refractivity contribution is 0.201. The summed E-state index contributed by atoms with van der Waals surface area (Å²) in [5.41, 5.74) is 2.61. The predicted molar refractivity (Wildman–Crippen MR) is 115 cm³/mol. The van der Waals surface area contributed by atoms with Gasteiger partial charge in [-0.05, 0) is 56.7 Å². The molecule has 0 radical (unpaired) electrons. The van der Waals surface area contributed by atoms with Crippen molar-refractivity contribution in [1.29, 1.82) is 0 Å². The Hall–Kier alpha value is -2.20. The van der Waals surface area contributed by atoms with Gasteiger partial charge in [-0.25, -0.2) is 0 Å². The first-order chi connectivity index (χ1) is 13.7. The second-order valence-corrected chi connectivity index (χ2v) is 8.16. The Bertz CT molecular complexity index is 758. The first kappa shape index (κ1) is 19.1. The third kappa shape index (κ3) is 4.44. The summed E-state index contributed by atoms with van der Waals surface area (Å²) in [4.78, 5) is 2.51. The number of anilines is 1. The molecule has 2 atom stereocenters. The van der Waals surface area contributed by atoms with Gasteiger partial charge in [-0.3, -0.25) is 0 Å². The van der Waals surface area contributed by atoms with Crippen molar-refractivity contribution in [3.63, 3.8) is 0 Å². The van der Waals surface area contributed by atoms with Crippen LogP contribution in [-0.2, 0) is 6.42 Å². The van der Waals surface area contributed by atoms with E-state index in [4.69, 9.17) is 9.47 Å². The third-order valence-electron chi connectivity index (χ3n) is 6.05. The summed E-state index contributed by atoms with van der Waals surface area (Å²) in [6, 6.07) is 18.0. The van der Waals surface area contributed by atoms with Gasteiger partial charge in [-0.15, -0.1) is 0 Å². The Kier molecular flexibility index (Phi) is 6.06. The molecule has 1 saturated heterocycles. The molecular weight excluding hydrogens is 348 g/mol. The molecule has 0 spiro atoms. The van der Waals surface area contributed by atoms with Crippen molar-refractivity contribution < 1.29 is 9.47 Å². The van der Waals surface area contributed by atoms with E-state index in [2.05, 4.69) is 65.7 Å². The van der Waals surface area contributed by atoms with Crippen LogP contribution >= 0.6 is 0 Å². The molecule has 150 valence electrons. The average molecular weight is 381 g/mol. The Morgan fingerprint density at radius 1 is 1.04 bits per heavy atom. The molecule has 2 aromatic rings. The van der Waals surface area contributed by atoms with Crippen molar-refractivity contribution in [2.24, 2.45) is 0 Å². The van der Waals surface area contributed by atoms with Crippen molar-refractivity contribution in [2.75, 3.05) is 25.1 Å². The number of ether oxygens (including phenoxy) is 2. The summed E-state index contributed by atoms with van der Waals surface area (Å²) in [6.45, 7) is 4.26. The van der Waals surface area contributed by atoms with Crippen LogP contribution in [0, 0.1) is 0 Å². The minimum Gasteiger partial charge on any atom is -0.493 e. The average Bonchev–Trinajstić information content (AvgIpc) is 3.23. The van der Waals surface area contributed by atoms with Gasteiger partial charge in [-0.2, -0.15) is 0 Å². The van der Waals surface area contributed by atoms with Crippen LogP contribution in [0.4, 0.5) is 5.69 Å². The first-order valence-electron chi connectivity index (χ1n) is 10.6. The van der Waals surface area contributed by atoms with E-state index >= 15 is 0 Å². The predicted octanol–water partition coefficient (Wildman–Crippen LogP) is 4.43. The van der Waals surface area contributed by atoms with Gasteiger partial charge in [0.25, 0.3) is 0 Å². The fourth-order valence-electron chi connectivity index (χ4n) is 4.45. The van der Waals surface area contributed by atoms with E-state index in [0.29, 0.717) is 18.2 Å². The SMILES string of the molecule is COc1ccc(N2CC(Cc3ccccc3)NCC2C)cc1OC1CCCC1. The molecule has 28 heavy (non-hydrogen) atoms. The first-order valence-corrected chi connectivity index (χ1v) is 10.6. The molecule has 1 saturated carbocycles. The van der Waals surface area contributed by atoms with E-state index in [1.54, 1.807) is 7.11 Å². The van der Waals surface area contributed by atoms with E-state index in [1.807, 2.05) is 0 Å². The summed E-state index contributed by atoms with van der Waals surface area (Å²) in [6.07, 6.45) is 6.21. The van der Waals surface area contributed by atoms with Crippen molar-refractivity contribution in [2.45, 2.75) is 57.2 Å². The number of rotatable bonds is 6. The molecular formula is C24H32N2O2. The zero-order valence-corrected chi connectivity index (χ0v) is 17.1. The van der Waals surface area contributed by atoms with E-state index in [-0.39, 0.29) is 0 Å². The maximum Gasteiger partial charge on any atom is 0.163 e. The summed E-state index contributed by atoms with van der Waals surface area (Å²) >= 11 is 0. The fourth-order valence-corrected chi connectivity index (χ4v) is 4.45. The molecule has 0 aromatic heterocycles. The number of hydrogen-bond acceptors (Lipinski definition) is 4. The lowest BCUT2D eigenvalue weighted by Gasteiger charge is -2.40. The minimum atomic E-state index is 0.329. The normalized spacial score (nSPS) is 23.0. The third-order valence-corrected chi connectivity index (χ3v) is 6.05. The summed E-state index contributed by atoms with van der Waals surface area (Å²) < 4.78 is 11.9. The molecule has 2 unspecified atom stereocenters. The number of methoxy groups -OCH3 is 1. The molecule has 4 heteroatoms.